The van der Waals surface area contributed by atoms with E-state index in [1.165, 1.54) is 205 Å². The van der Waals surface area contributed by atoms with Crippen LogP contribution in [0, 0.1) is 11.8 Å². The Kier molecular flexibility index (Phi) is 39.9. The molecule has 0 aromatic heterocycles. The van der Waals surface area contributed by atoms with Gasteiger partial charge in [-0.25, -0.2) is 0 Å². The fraction of sp³-hybridized carbons (Fsp3) is 0.918. The van der Waals surface area contributed by atoms with E-state index in [2.05, 4.69) is 58.4 Å². The predicted octanol–water partition coefficient (Wildman–Crippen LogP) is 15.5. The largest absolute Gasteiger partial charge is 0.384 e. The van der Waals surface area contributed by atoms with Gasteiger partial charge in [-0.3, -0.25) is 0 Å². The first-order chi connectivity index (χ1) is 25.9. The Morgan fingerprint density at radius 1 is 0.472 bits per heavy atom. The highest BCUT2D eigenvalue weighted by molar-refractivity contribution is 4.95. The molecule has 316 valence electrons. The molecule has 0 rings (SSSR count). The van der Waals surface area contributed by atoms with Gasteiger partial charge in [0.1, 0.15) is 0 Å². The Morgan fingerprint density at radius 2 is 0.774 bits per heavy atom. The van der Waals surface area contributed by atoms with Crippen LogP contribution in [0.5, 0.6) is 0 Å². The molecule has 0 aliphatic carbocycles. The van der Waals surface area contributed by atoms with Crippen molar-refractivity contribution >= 4 is 0 Å². The van der Waals surface area contributed by atoms with Crippen molar-refractivity contribution in [2.24, 2.45) is 11.8 Å². The molecule has 4 atom stereocenters. The van der Waals surface area contributed by atoms with Crippen LogP contribution >= 0.6 is 0 Å². The van der Waals surface area contributed by atoms with E-state index in [1.54, 1.807) is 0 Å². The van der Waals surface area contributed by atoms with E-state index in [4.69, 9.17) is 4.74 Å². The molecule has 3 N–H and O–H groups in total. The summed E-state index contributed by atoms with van der Waals surface area (Å²) in [5, 5.41) is 17.7. The lowest BCUT2D eigenvalue weighted by molar-refractivity contribution is -0.0992. The van der Waals surface area contributed by atoms with Crippen molar-refractivity contribution in [3.8, 4) is 0 Å². The highest BCUT2D eigenvalue weighted by atomic mass is 16.6. The van der Waals surface area contributed by atoms with Crippen LogP contribution in [0.1, 0.15) is 253 Å². The van der Waals surface area contributed by atoms with Crippen LogP contribution in [-0.2, 0) is 4.74 Å². The fourth-order valence-electron chi connectivity index (χ4n) is 8.02. The minimum atomic E-state index is -0.836. The average Bonchev–Trinajstić information content (AvgIpc) is 3.14. The van der Waals surface area contributed by atoms with Crippen LogP contribution in [0.3, 0.4) is 0 Å². The van der Waals surface area contributed by atoms with Gasteiger partial charge in [0.25, 0.3) is 0 Å². The maximum Gasteiger partial charge on any atom is 0.171 e. The number of hydrogen-bond acceptors (Lipinski definition) is 4. The maximum absolute atomic E-state index is 10.7. The molecule has 0 aliphatic rings. The third kappa shape index (κ3) is 37.7. The van der Waals surface area contributed by atoms with Crippen molar-refractivity contribution in [3.63, 3.8) is 0 Å². The van der Waals surface area contributed by atoms with E-state index >= 15 is 0 Å². The van der Waals surface area contributed by atoms with E-state index in [-0.39, 0.29) is 6.04 Å². The zero-order valence-electron chi connectivity index (χ0n) is 37.0. The van der Waals surface area contributed by atoms with Crippen molar-refractivity contribution in [2.75, 3.05) is 13.2 Å². The van der Waals surface area contributed by atoms with Gasteiger partial charge in [-0.15, -0.1) is 0 Å². The molecule has 0 fully saturated rings. The van der Waals surface area contributed by atoms with E-state index in [0.29, 0.717) is 19.1 Å². The molecule has 0 amide bonds. The van der Waals surface area contributed by atoms with Gasteiger partial charge in [-0.05, 0) is 31.6 Å². The molecule has 0 spiro atoms. The second kappa shape index (κ2) is 40.7. The zero-order chi connectivity index (χ0) is 39.0. The van der Waals surface area contributed by atoms with E-state index in [1.807, 2.05) is 0 Å². The van der Waals surface area contributed by atoms with Gasteiger partial charge in [-0.1, -0.05) is 246 Å². The van der Waals surface area contributed by atoms with Crippen molar-refractivity contribution in [3.05, 3.63) is 24.6 Å². The fourth-order valence-corrected chi connectivity index (χ4v) is 8.02. The molecule has 4 heteroatoms. The molecule has 0 saturated carbocycles. The summed E-state index contributed by atoms with van der Waals surface area (Å²) in [4.78, 5) is 0. The summed E-state index contributed by atoms with van der Waals surface area (Å²) in [7, 11) is 0. The Balaban J connectivity index is 4.52. The smallest absolute Gasteiger partial charge is 0.171 e. The number of ether oxygens (including phenoxy) is 1. The molecule has 4 nitrogen and oxygen atoms in total. The number of unbranched alkanes of at least 4 members (excludes halogenated alkanes) is 24. The van der Waals surface area contributed by atoms with Crippen molar-refractivity contribution in [1.82, 2.24) is 10.6 Å². The number of allylic oxidation sites excluding steroid dienone is 2. The van der Waals surface area contributed by atoms with Crippen LogP contribution in [0.15, 0.2) is 24.6 Å². The van der Waals surface area contributed by atoms with E-state index in [9.17, 15) is 5.11 Å². The predicted molar refractivity (Wildman–Crippen MR) is 237 cm³/mol. The van der Waals surface area contributed by atoms with Crippen molar-refractivity contribution in [1.29, 1.82) is 0 Å². The summed E-state index contributed by atoms with van der Waals surface area (Å²) < 4.78 is 5.88. The van der Waals surface area contributed by atoms with Crippen LogP contribution in [0.25, 0.3) is 0 Å². The molecule has 53 heavy (non-hydrogen) atoms. The summed E-state index contributed by atoms with van der Waals surface area (Å²) in [6.45, 7) is 21.0. The monoisotopic (exact) mass is 747 g/mol. The molecular weight excluding hydrogens is 649 g/mol. The molecule has 0 aliphatic heterocycles. The molecular formula is C49H98N2O2. The molecule has 0 heterocycles. The number of rotatable bonds is 44. The first-order valence-corrected chi connectivity index (χ1v) is 24.0. The minimum Gasteiger partial charge on any atom is -0.384 e. The average molecular weight is 747 g/mol. The first kappa shape index (κ1) is 52.0. The summed E-state index contributed by atoms with van der Waals surface area (Å²) >= 11 is 0. The van der Waals surface area contributed by atoms with Gasteiger partial charge < -0.3 is 20.5 Å². The van der Waals surface area contributed by atoms with Gasteiger partial charge >= 0.3 is 0 Å². The lowest BCUT2D eigenvalue weighted by Crippen LogP contribution is -2.35. The van der Waals surface area contributed by atoms with Crippen LogP contribution < -0.4 is 10.6 Å². The molecule has 4 unspecified atom stereocenters. The Morgan fingerprint density at radius 3 is 1.11 bits per heavy atom. The molecule has 0 bridgehead atoms. The van der Waals surface area contributed by atoms with E-state index < -0.39 is 6.29 Å². The third-order valence-corrected chi connectivity index (χ3v) is 11.4. The quantitative estimate of drug-likeness (QED) is 0.0429. The van der Waals surface area contributed by atoms with Crippen molar-refractivity contribution in [2.45, 2.75) is 265 Å². The standard InChI is InChI=1S/C49H98N2O2/c1-8-12-16-20-22-24-26-30-34-37-47(36-32-28-18-14-10-3)40-44(5)50-42-49(52)53-43-46(7)51-45(6)41-48(38-33-29-19-15-11-4)39-35-31-27-25-23-21-17-13-9-2/h46-52H,5-6,8-43H2,1-4,7H3. The lowest BCUT2D eigenvalue weighted by Gasteiger charge is -2.24. The van der Waals surface area contributed by atoms with Gasteiger partial charge in [-0.2, -0.15) is 0 Å². The molecule has 0 saturated heterocycles. The van der Waals surface area contributed by atoms with Crippen LogP contribution in [0.4, 0.5) is 0 Å². The highest BCUT2D eigenvalue weighted by Gasteiger charge is 2.15. The summed E-state index contributed by atoms with van der Waals surface area (Å²) in [6.07, 6.45) is 44.9. The van der Waals surface area contributed by atoms with E-state index in [0.717, 1.165) is 30.2 Å². The first-order valence-electron chi connectivity index (χ1n) is 24.0. The molecule has 0 radical (unpaired) electrons. The third-order valence-electron chi connectivity index (χ3n) is 11.4. The maximum atomic E-state index is 10.7. The minimum absolute atomic E-state index is 0.117. The number of nitrogens with one attached hydrogen (secondary N) is 2. The normalized spacial score (nSPS) is 13.8. The van der Waals surface area contributed by atoms with Crippen LogP contribution in [0.2, 0.25) is 0 Å². The lowest BCUT2D eigenvalue weighted by atomic mass is 9.90. The highest BCUT2D eigenvalue weighted by Crippen LogP contribution is 2.26. The summed E-state index contributed by atoms with van der Waals surface area (Å²) in [5.41, 5.74) is 2.18. The van der Waals surface area contributed by atoms with Gasteiger partial charge in [0.15, 0.2) is 6.29 Å². The summed E-state index contributed by atoms with van der Waals surface area (Å²) in [6, 6.07) is 0.117. The topological polar surface area (TPSA) is 53.5 Å². The summed E-state index contributed by atoms with van der Waals surface area (Å²) in [5.74, 6) is 1.41. The Bertz CT molecular complexity index is 770. The van der Waals surface area contributed by atoms with Crippen LogP contribution in [-0.4, -0.2) is 30.6 Å². The number of hydrogen-bond donors (Lipinski definition) is 3. The Hall–Kier alpha value is -1.00. The number of aliphatic hydroxyl groups is 1. The molecule has 0 aromatic rings. The Labute approximate surface area is 334 Å². The second-order valence-corrected chi connectivity index (χ2v) is 17.2. The van der Waals surface area contributed by atoms with Gasteiger partial charge in [0, 0.05) is 17.4 Å². The SMILES string of the molecule is C=C(CC(CCCCCCC)CCCCCCCCCCC)NCC(O)OCC(C)NC(=C)CC(CCCCCCC)CCCCCCCCCCC. The number of aliphatic hydroxyl groups excluding tert-OH is 1. The second-order valence-electron chi connectivity index (χ2n) is 17.2. The van der Waals surface area contributed by atoms with Gasteiger partial charge in [0.05, 0.1) is 13.2 Å². The van der Waals surface area contributed by atoms with Crippen molar-refractivity contribution < 1.29 is 9.84 Å². The molecule has 0 aromatic carbocycles. The van der Waals surface area contributed by atoms with Gasteiger partial charge in [0.2, 0.25) is 0 Å². The zero-order valence-corrected chi connectivity index (χ0v) is 37.0.